The SMILES string of the molecule is COC(=O)C1(C)CC=C(CNC(=O)c2cc(C(=O)NCc3ccc4c(c3)NC(=O)CO4)nc3ccnn23)CC1. The van der Waals surface area contributed by atoms with Crippen LogP contribution in [0.25, 0.3) is 5.65 Å². The number of allylic oxidation sites excluding steroid dienone is 1. The summed E-state index contributed by atoms with van der Waals surface area (Å²) < 4.78 is 11.6. The van der Waals surface area contributed by atoms with Gasteiger partial charge in [0.15, 0.2) is 12.3 Å². The Morgan fingerprint density at radius 1 is 1.15 bits per heavy atom. The minimum Gasteiger partial charge on any atom is -0.482 e. The molecule has 0 spiro atoms. The number of ether oxygens (including phenoxy) is 2. The third-order valence-corrected chi connectivity index (χ3v) is 6.95. The third-order valence-electron chi connectivity index (χ3n) is 6.95. The van der Waals surface area contributed by atoms with Crippen LogP contribution in [0.2, 0.25) is 0 Å². The van der Waals surface area contributed by atoms with Gasteiger partial charge in [0.2, 0.25) is 0 Å². The van der Waals surface area contributed by atoms with Gasteiger partial charge in [0.25, 0.3) is 17.7 Å². The molecule has 1 atom stereocenters. The van der Waals surface area contributed by atoms with Crippen LogP contribution in [0.5, 0.6) is 5.75 Å². The van der Waals surface area contributed by atoms with Crippen molar-refractivity contribution >= 4 is 35.0 Å². The van der Waals surface area contributed by atoms with Gasteiger partial charge in [-0.3, -0.25) is 19.2 Å². The number of carbonyl (C=O) groups excluding carboxylic acids is 4. The number of nitrogens with zero attached hydrogens (tertiary/aromatic N) is 3. The number of nitrogens with one attached hydrogen (secondary N) is 3. The van der Waals surface area contributed by atoms with E-state index in [9.17, 15) is 19.2 Å². The zero-order chi connectivity index (χ0) is 27.6. The number of carbonyl (C=O) groups is 4. The van der Waals surface area contributed by atoms with Crippen molar-refractivity contribution < 1.29 is 28.7 Å². The summed E-state index contributed by atoms with van der Waals surface area (Å²) in [4.78, 5) is 54.0. The highest BCUT2D eigenvalue weighted by molar-refractivity contribution is 5.98. The molecule has 3 amide bonds. The van der Waals surface area contributed by atoms with Crippen LogP contribution in [0, 0.1) is 5.41 Å². The molecule has 12 nitrogen and oxygen atoms in total. The van der Waals surface area contributed by atoms with Crippen molar-refractivity contribution in [1.29, 1.82) is 0 Å². The molecule has 3 heterocycles. The molecule has 5 rings (SSSR count). The minimum atomic E-state index is -0.558. The maximum Gasteiger partial charge on any atom is 0.311 e. The Bertz CT molecular complexity index is 1510. The average molecular weight is 533 g/mol. The van der Waals surface area contributed by atoms with E-state index < -0.39 is 17.2 Å². The molecule has 3 aromatic rings. The lowest BCUT2D eigenvalue weighted by molar-refractivity contribution is -0.152. The molecule has 0 fully saturated rings. The van der Waals surface area contributed by atoms with Gasteiger partial charge in [-0.05, 0) is 43.9 Å². The maximum absolute atomic E-state index is 13.1. The van der Waals surface area contributed by atoms with Crippen LogP contribution in [0.1, 0.15) is 52.7 Å². The summed E-state index contributed by atoms with van der Waals surface area (Å²) in [7, 11) is 1.39. The van der Waals surface area contributed by atoms with Gasteiger partial charge in [-0.15, -0.1) is 0 Å². The smallest absolute Gasteiger partial charge is 0.311 e. The highest BCUT2D eigenvalue weighted by Crippen LogP contribution is 2.36. The van der Waals surface area contributed by atoms with Crippen molar-refractivity contribution in [3.05, 3.63) is 65.1 Å². The van der Waals surface area contributed by atoms with E-state index in [0.717, 1.165) is 11.1 Å². The first kappa shape index (κ1) is 25.9. The molecule has 3 N–H and O–H groups in total. The van der Waals surface area contributed by atoms with Crippen LogP contribution in [0.15, 0.2) is 48.2 Å². The number of fused-ring (bicyclic) bond motifs is 2. The number of methoxy groups -OCH3 is 1. The van der Waals surface area contributed by atoms with Crippen LogP contribution in [-0.4, -0.2) is 58.6 Å². The fraction of sp³-hybridized carbons (Fsp3) is 0.333. The summed E-state index contributed by atoms with van der Waals surface area (Å²) in [6.07, 6.45) is 5.30. The predicted molar refractivity (Wildman–Crippen MR) is 139 cm³/mol. The Morgan fingerprint density at radius 3 is 2.74 bits per heavy atom. The summed E-state index contributed by atoms with van der Waals surface area (Å²) in [5.41, 5.74) is 2.33. The van der Waals surface area contributed by atoms with Crippen molar-refractivity contribution in [1.82, 2.24) is 25.2 Å². The van der Waals surface area contributed by atoms with Crippen molar-refractivity contribution in [2.75, 3.05) is 25.6 Å². The van der Waals surface area contributed by atoms with E-state index in [1.165, 1.54) is 23.9 Å². The molecule has 1 aliphatic carbocycles. The number of hydrogen-bond acceptors (Lipinski definition) is 8. The first-order valence-electron chi connectivity index (χ1n) is 12.5. The molecule has 0 saturated carbocycles. The van der Waals surface area contributed by atoms with Crippen LogP contribution in [0.4, 0.5) is 5.69 Å². The summed E-state index contributed by atoms with van der Waals surface area (Å²) in [5.74, 6) is -0.796. The van der Waals surface area contributed by atoms with Crippen molar-refractivity contribution in [2.24, 2.45) is 5.41 Å². The Morgan fingerprint density at radius 2 is 1.97 bits per heavy atom. The minimum absolute atomic E-state index is 0.0336. The van der Waals surface area contributed by atoms with Crippen molar-refractivity contribution in [3.63, 3.8) is 0 Å². The summed E-state index contributed by atoms with van der Waals surface area (Å²) in [6, 6.07) is 8.25. The van der Waals surface area contributed by atoms with E-state index >= 15 is 0 Å². The van der Waals surface area contributed by atoms with Gasteiger partial charge in [-0.2, -0.15) is 5.10 Å². The molecule has 1 unspecified atom stereocenters. The van der Waals surface area contributed by atoms with E-state index in [0.29, 0.717) is 42.9 Å². The first-order valence-corrected chi connectivity index (χ1v) is 12.5. The van der Waals surface area contributed by atoms with Crippen LogP contribution in [-0.2, 0) is 20.9 Å². The number of amides is 3. The van der Waals surface area contributed by atoms with Crippen LogP contribution < -0.4 is 20.7 Å². The average Bonchev–Trinajstić information content (AvgIpc) is 3.43. The Kier molecular flexibility index (Phi) is 7.01. The molecule has 0 radical (unpaired) electrons. The standard InChI is InChI=1S/C27H28N6O6/c1-27(26(37)38-2)8-5-16(6-9-27)13-29-25(36)20-12-19(31-22-7-10-30-33(20)22)24(35)28-14-17-3-4-21-18(11-17)32-23(34)15-39-21/h3-5,7,10-12H,6,8-9,13-15H2,1-2H3,(H,28,35)(H,29,36)(H,32,34). The normalized spacial score (nSPS) is 18.3. The Labute approximate surface area is 223 Å². The zero-order valence-corrected chi connectivity index (χ0v) is 21.6. The lowest BCUT2D eigenvalue weighted by Crippen LogP contribution is -2.33. The van der Waals surface area contributed by atoms with Crippen molar-refractivity contribution in [3.8, 4) is 5.75 Å². The number of esters is 1. The molecule has 202 valence electrons. The Balaban J connectivity index is 1.26. The second-order valence-corrected chi connectivity index (χ2v) is 9.78. The number of hydrogen-bond donors (Lipinski definition) is 3. The molecule has 0 bridgehead atoms. The fourth-order valence-corrected chi connectivity index (χ4v) is 4.59. The molecule has 2 aliphatic rings. The molecule has 2 aromatic heterocycles. The Hall–Kier alpha value is -4.74. The lowest BCUT2D eigenvalue weighted by Gasteiger charge is -2.30. The summed E-state index contributed by atoms with van der Waals surface area (Å²) >= 11 is 0. The van der Waals surface area contributed by atoms with Gasteiger partial charge in [0.05, 0.1) is 24.4 Å². The molecule has 1 aliphatic heterocycles. The second-order valence-electron chi connectivity index (χ2n) is 9.78. The van der Waals surface area contributed by atoms with Crippen LogP contribution in [0.3, 0.4) is 0 Å². The van der Waals surface area contributed by atoms with E-state index in [4.69, 9.17) is 9.47 Å². The van der Waals surface area contributed by atoms with Gasteiger partial charge < -0.3 is 25.4 Å². The van der Waals surface area contributed by atoms with Gasteiger partial charge in [-0.25, -0.2) is 9.50 Å². The molecule has 1 aromatic carbocycles. The van der Waals surface area contributed by atoms with Gasteiger partial charge in [0.1, 0.15) is 17.1 Å². The third kappa shape index (κ3) is 5.44. The molecular formula is C27H28N6O6. The van der Waals surface area contributed by atoms with Gasteiger partial charge in [-0.1, -0.05) is 17.7 Å². The number of aromatic nitrogens is 3. The van der Waals surface area contributed by atoms with Crippen molar-refractivity contribution in [2.45, 2.75) is 32.7 Å². The lowest BCUT2D eigenvalue weighted by atomic mass is 9.76. The summed E-state index contributed by atoms with van der Waals surface area (Å²) in [5, 5.41) is 12.6. The second kappa shape index (κ2) is 10.6. The highest BCUT2D eigenvalue weighted by atomic mass is 16.5. The fourth-order valence-electron chi connectivity index (χ4n) is 4.59. The van der Waals surface area contributed by atoms with E-state index in [1.807, 2.05) is 13.0 Å². The molecule has 12 heteroatoms. The van der Waals surface area contributed by atoms with E-state index in [2.05, 4.69) is 26.0 Å². The molecule has 39 heavy (non-hydrogen) atoms. The highest BCUT2D eigenvalue weighted by Gasteiger charge is 2.35. The van der Waals surface area contributed by atoms with Gasteiger partial charge in [0, 0.05) is 25.2 Å². The van der Waals surface area contributed by atoms with E-state index in [-0.39, 0.29) is 36.4 Å². The molecule has 0 saturated heterocycles. The quantitative estimate of drug-likeness (QED) is 0.309. The number of rotatable bonds is 7. The number of anilines is 1. The maximum atomic E-state index is 13.1. The molecular weight excluding hydrogens is 504 g/mol. The first-order chi connectivity index (χ1) is 18.8. The number of benzene rings is 1. The van der Waals surface area contributed by atoms with Crippen LogP contribution >= 0.6 is 0 Å². The monoisotopic (exact) mass is 532 g/mol. The zero-order valence-electron chi connectivity index (χ0n) is 21.6. The predicted octanol–water partition coefficient (Wildman–Crippen LogP) is 2.01. The van der Waals surface area contributed by atoms with E-state index in [1.54, 1.807) is 24.3 Å². The summed E-state index contributed by atoms with van der Waals surface area (Å²) in [6.45, 7) is 2.32. The largest absolute Gasteiger partial charge is 0.482 e. The topological polar surface area (TPSA) is 153 Å². The van der Waals surface area contributed by atoms with Gasteiger partial charge >= 0.3 is 5.97 Å².